The van der Waals surface area contributed by atoms with E-state index < -0.39 is 9.84 Å². The molecule has 1 aromatic carbocycles. The molecule has 0 heterocycles. The molecule has 0 N–H and O–H groups in total. The fourth-order valence-corrected chi connectivity index (χ4v) is 2.86. The molecule has 0 unspecified atom stereocenters. The Balaban J connectivity index is 2.55. The van der Waals surface area contributed by atoms with Gasteiger partial charge in [-0.3, -0.25) is 4.79 Å². The van der Waals surface area contributed by atoms with Gasteiger partial charge in [0.1, 0.15) is 5.75 Å². The van der Waals surface area contributed by atoms with Crippen LogP contribution in [0, 0.1) is 0 Å². The van der Waals surface area contributed by atoms with E-state index in [0.29, 0.717) is 6.42 Å². The van der Waals surface area contributed by atoms with Crippen molar-refractivity contribution < 1.29 is 13.2 Å². The molecule has 0 atom stereocenters. The maximum absolute atomic E-state index is 11.5. The number of benzene rings is 1. The quantitative estimate of drug-likeness (QED) is 0.759. The van der Waals surface area contributed by atoms with Crippen LogP contribution in [0.15, 0.2) is 30.3 Å². The summed E-state index contributed by atoms with van der Waals surface area (Å²) in [5.41, 5.74) is 0.860. The van der Waals surface area contributed by atoms with E-state index in [9.17, 15) is 13.2 Å². The van der Waals surface area contributed by atoms with E-state index in [1.54, 1.807) is 6.92 Å². The Bertz CT molecular complexity index is 435. The van der Waals surface area contributed by atoms with Gasteiger partial charge in [0.2, 0.25) is 0 Å². The second-order valence-electron chi connectivity index (χ2n) is 3.79. The van der Waals surface area contributed by atoms with Crippen molar-refractivity contribution in [2.75, 3.05) is 11.5 Å². The van der Waals surface area contributed by atoms with Gasteiger partial charge in [0, 0.05) is 6.42 Å². The number of sulfone groups is 1. The summed E-state index contributed by atoms with van der Waals surface area (Å²) in [5, 5.41) is 0. The number of carbonyl (C=O) groups excluding carboxylic acids is 1. The van der Waals surface area contributed by atoms with Crippen LogP contribution in [0.1, 0.15) is 18.9 Å². The highest BCUT2D eigenvalue weighted by atomic mass is 32.2. The molecule has 3 nitrogen and oxygen atoms in total. The van der Waals surface area contributed by atoms with Crippen molar-refractivity contribution in [1.29, 1.82) is 0 Å². The second kappa shape index (κ2) is 5.80. The third-order valence-corrected chi connectivity index (χ3v) is 3.93. The first-order valence-corrected chi connectivity index (χ1v) is 7.11. The molecule has 0 aliphatic carbocycles. The van der Waals surface area contributed by atoms with Crippen LogP contribution in [0.3, 0.4) is 0 Å². The average Bonchev–Trinajstić information content (AvgIpc) is 2.17. The number of hydrogen-bond donors (Lipinski definition) is 0. The lowest BCUT2D eigenvalue weighted by atomic mass is 10.1. The van der Waals surface area contributed by atoms with Crippen molar-refractivity contribution in [2.24, 2.45) is 0 Å². The Morgan fingerprint density at radius 2 is 1.81 bits per heavy atom. The minimum absolute atomic E-state index is 0.0908. The second-order valence-corrected chi connectivity index (χ2v) is 5.98. The lowest BCUT2D eigenvalue weighted by Gasteiger charge is -2.02. The summed E-state index contributed by atoms with van der Waals surface area (Å²) < 4.78 is 22.8. The lowest BCUT2D eigenvalue weighted by Crippen LogP contribution is -2.20. The van der Waals surface area contributed by atoms with Crippen LogP contribution in [0.5, 0.6) is 0 Å². The van der Waals surface area contributed by atoms with Gasteiger partial charge in [0.25, 0.3) is 0 Å². The maximum Gasteiger partial charge on any atom is 0.157 e. The third kappa shape index (κ3) is 4.57. The number of ketones is 1. The maximum atomic E-state index is 11.5. The highest BCUT2D eigenvalue weighted by molar-refractivity contribution is 7.92. The lowest BCUT2D eigenvalue weighted by molar-refractivity contribution is -0.116. The van der Waals surface area contributed by atoms with Crippen molar-refractivity contribution in [3.05, 3.63) is 35.9 Å². The Hall–Kier alpha value is -1.16. The summed E-state index contributed by atoms with van der Waals surface area (Å²) in [7, 11) is -3.20. The molecule has 0 aliphatic rings. The van der Waals surface area contributed by atoms with Gasteiger partial charge in [-0.25, -0.2) is 8.42 Å². The summed E-state index contributed by atoms with van der Waals surface area (Å²) in [6.45, 7) is 1.79. The highest BCUT2D eigenvalue weighted by Crippen LogP contribution is 2.02. The van der Waals surface area contributed by atoms with Crippen molar-refractivity contribution in [3.63, 3.8) is 0 Å². The van der Waals surface area contributed by atoms with Crippen molar-refractivity contribution >= 4 is 15.6 Å². The zero-order chi connectivity index (χ0) is 12.0. The fourth-order valence-electron chi connectivity index (χ4n) is 1.50. The van der Waals surface area contributed by atoms with Gasteiger partial charge in [-0.2, -0.15) is 0 Å². The zero-order valence-corrected chi connectivity index (χ0v) is 10.2. The molecule has 1 rings (SSSR count). The molecule has 0 bridgehead atoms. The number of Topliss-reactive ketones (excluding diaryl/α,β-unsaturated/α-hetero) is 1. The van der Waals surface area contributed by atoms with E-state index in [4.69, 9.17) is 0 Å². The molecule has 0 amide bonds. The van der Waals surface area contributed by atoms with Crippen LogP contribution in [0.2, 0.25) is 0 Å². The Morgan fingerprint density at radius 1 is 1.19 bits per heavy atom. The van der Waals surface area contributed by atoms with E-state index in [0.717, 1.165) is 5.56 Å². The van der Waals surface area contributed by atoms with Crippen LogP contribution < -0.4 is 0 Å². The molecule has 0 saturated carbocycles. The molecule has 0 saturated heterocycles. The minimum Gasteiger partial charge on any atom is -0.298 e. The van der Waals surface area contributed by atoms with Crippen LogP contribution in [0.25, 0.3) is 0 Å². The van der Waals surface area contributed by atoms with E-state index in [-0.39, 0.29) is 23.7 Å². The van der Waals surface area contributed by atoms with E-state index >= 15 is 0 Å². The molecule has 1 aromatic rings. The minimum atomic E-state index is -3.20. The van der Waals surface area contributed by atoms with Crippen molar-refractivity contribution in [3.8, 4) is 0 Å². The van der Waals surface area contributed by atoms with Crippen molar-refractivity contribution in [2.45, 2.75) is 19.8 Å². The number of carbonyl (C=O) groups is 1. The molecule has 0 radical (unpaired) electrons. The van der Waals surface area contributed by atoms with Gasteiger partial charge in [-0.05, 0) is 12.0 Å². The molecule has 0 aliphatic heterocycles. The zero-order valence-electron chi connectivity index (χ0n) is 9.35. The van der Waals surface area contributed by atoms with Gasteiger partial charge >= 0.3 is 0 Å². The Labute approximate surface area is 96.4 Å². The Kier molecular flexibility index (Phi) is 4.68. The van der Waals surface area contributed by atoms with Crippen LogP contribution in [0.4, 0.5) is 0 Å². The number of hydrogen-bond acceptors (Lipinski definition) is 3. The topological polar surface area (TPSA) is 51.2 Å². The normalized spacial score (nSPS) is 11.3. The molecule has 0 fully saturated rings. The first-order chi connectivity index (χ1) is 7.53. The largest absolute Gasteiger partial charge is 0.298 e. The number of rotatable bonds is 6. The molecule has 4 heteroatoms. The summed E-state index contributed by atoms with van der Waals surface area (Å²) in [6, 6.07) is 9.18. The van der Waals surface area contributed by atoms with Gasteiger partial charge in [-0.1, -0.05) is 37.3 Å². The van der Waals surface area contributed by atoms with Gasteiger partial charge in [0.05, 0.1) is 5.75 Å². The van der Waals surface area contributed by atoms with Crippen LogP contribution in [-0.2, 0) is 21.1 Å². The molecular weight excluding hydrogens is 224 g/mol. The van der Waals surface area contributed by atoms with E-state index in [1.165, 1.54) is 0 Å². The van der Waals surface area contributed by atoms with Gasteiger partial charge in [0.15, 0.2) is 15.6 Å². The fraction of sp³-hybridized carbons (Fsp3) is 0.417. The highest BCUT2D eigenvalue weighted by Gasteiger charge is 2.15. The standard InChI is InChI=1S/C12H16O3S/c1-2-8-16(14,15)10-12(13)9-11-6-4-3-5-7-11/h3-7H,2,8-10H2,1H3. The predicted molar refractivity (Wildman–Crippen MR) is 64.1 cm³/mol. The summed E-state index contributed by atoms with van der Waals surface area (Å²) in [4.78, 5) is 11.5. The predicted octanol–water partition coefficient (Wildman–Crippen LogP) is 1.62. The van der Waals surface area contributed by atoms with E-state index in [2.05, 4.69) is 0 Å². The smallest absolute Gasteiger partial charge is 0.157 e. The van der Waals surface area contributed by atoms with Crippen LogP contribution >= 0.6 is 0 Å². The third-order valence-electron chi connectivity index (χ3n) is 2.14. The average molecular weight is 240 g/mol. The molecule has 0 aromatic heterocycles. The molecular formula is C12H16O3S. The van der Waals surface area contributed by atoms with Gasteiger partial charge in [-0.15, -0.1) is 0 Å². The summed E-state index contributed by atoms with van der Waals surface area (Å²) in [6.07, 6.45) is 0.755. The first kappa shape index (κ1) is 12.9. The van der Waals surface area contributed by atoms with Crippen LogP contribution in [-0.4, -0.2) is 25.7 Å². The molecule has 16 heavy (non-hydrogen) atoms. The molecule has 0 spiro atoms. The first-order valence-electron chi connectivity index (χ1n) is 5.29. The van der Waals surface area contributed by atoms with Gasteiger partial charge < -0.3 is 0 Å². The monoisotopic (exact) mass is 240 g/mol. The van der Waals surface area contributed by atoms with Crippen molar-refractivity contribution in [1.82, 2.24) is 0 Å². The summed E-state index contributed by atoms with van der Waals surface area (Å²) >= 11 is 0. The van der Waals surface area contributed by atoms with E-state index in [1.807, 2.05) is 30.3 Å². The SMILES string of the molecule is CCCS(=O)(=O)CC(=O)Cc1ccccc1. The Morgan fingerprint density at radius 3 is 2.38 bits per heavy atom. The molecule has 88 valence electrons. The summed E-state index contributed by atoms with van der Waals surface area (Å²) in [5.74, 6) is -0.483.